The van der Waals surface area contributed by atoms with Crippen LogP contribution in [0.1, 0.15) is 11.3 Å². The van der Waals surface area contributed by atoms with Gasteiger partial charge in [0.15, 0.2) is 0 Å². The maximum Gasteiger partial charge on any atom is 0.222 e. The Morgan fingerprint density at radius 3 is 2.55 bits per heavy atom. The number of benzene rings is 2. The molecule has 0 aliphatic rings. The molecule has 98 valence electrons. The largest absolute Gasteiger partial charge is 0.439 e. The van der Waals surface area contributed by atoms with E-state index in [4.69, 9.17) is 4.42 Å². The average Bonchev–Trinajstić information content (AvgIpc) is 2.53. The lowest BCUT2D eigenvalue weighted by Gasteiger charge is -2.01. The zero-order chi connectivity index (χ0) is 13.8. The minimum atomic E-state index is 0.606. The molecule has 0 saturated heterocycles. The summed E-state index contributed by atoms with van der Waals surface area (Å²) >= 11 is 0. The molecule has 2 nitrogen and oxygen atoms in total. The van der Waals surface area contributed by atoms with Crippen molar-refractivity contribution in [1.29, 1.82) is 0 Å². The lowest BCUT2D eigenvalue weighted by Crippen LogP contribution is -2.04. The Balaban J connectivity index is 2.12. The normalized spacial score (nSPS) is 11.7. The van der Waals surface area contributed by atoms with Crippen molar-refractivity contribution in [2.45, 2.75) is 6.54 Å². The second-order valence-corrected chi connectivity index (χ2v) is 4.55. The highest BCUT2D eigenvalue weighted by Gasteiger charge is 2.00. The van der Waals surface area contributed by atoms with Crippen LogP contribution in [-0.2, 0) is 6.54 Å². The Morgan fingerprint density at radius 2 is 1.75 bits per heavy atom. The summed E-state index contributed by atoms with van der Waals surface area (Å²) in [5.74, 6) is 0.732. The third-order valence-electron chi connectivity index (χ3n) is 3.15. The van der Waals surface area contributed by atoms with Gasteiger partial charge in [-0.3, -0.25) is 0 Å². The van der Waals surface area contributed by atoms with Gasteiger partial charge >= 0.3 is 0 Å². The number of hydrogen-bond donors (Lipinski definition) is 0. The van der Waals surface area contributed by atoms with Crippen molar-refractivity contribution in [2.24, 2.45) is 4.99 Å². The van der Waals surface area contributed by atoms with Crippen LogP contribution in [-0.4, -0.2) is 0 Å². The topological polar surface area (TPSA) is 25.5 Å². The van der Waals surface area contributed by atoms with E-state index in [0.717, 1.165) is 22.1 Å². The minimum absolute atomic E-state index is 0.606. The highest BCUT2D eigenvalue weighted by atomic mass is 16.3. The fraction of sp³-hybridized carbons (Fsp3) is 0.0556. The zero-order valence-electron chi connectivity index (χ0n) is 11.1. The summed E-state index contributed by atoms with van der Waals surface area (Å²) in [5.41, 5.74) is 1.82. The highest BCUT2D eigenvalue weighted by Crippen LogP contribution is 2.12. The maximum absolute atomic E-state index is 5.78. The summed E-state index contributed by atoms with van der Waals surface area (Å²) in [6.45, 7) is 4.37. The van der Waals surface area contributed by atoms with Crippen LogP contribution in [0.5, 0.6) is 0 Å². The Morgan fingerprint density at radius 1 is 1.00 bits per heavy atom. The van der Waals surface area contributed by atoms with Gasteiger partial charge < -0.3 is 4.42 Å². The van der Waals surface area contributed by atoms with E-state index in [-0.39, 0.29) is 0 Å². The van der Waals surface area contributed by atoms with Gasteiger partial charge in [0.1, 0.15) is 5.76 Å². The molecule has 20 heavy (non-hydrogen) atoms. The molecule has 0 N–H and O–H groups in total. The lowest BCUT2D eigenvalue weighted by molar-refractivity contribution is 0.488. The van der Waals surface area contributed by atoms with Crippen molar-refractivity contribution < 1.29 is 4.42 Å². The Labute approximate surface area is 117 Å². The third kappa shape index (κ3) is 2.54. The molecule has 3 aromatic rings. The quantitative estimate of drug-likeness (QED) is 0.694. The molecule has 0 spiro atoms. The molecule has 0 fully saturated rings. The van der Waals surface area contributed by atoms with Crippen LogP contribution in [0.2, 0.25) is 0 Å². The highest BCUT2D eigenvalue weighted by molar-refractivity contribution is 5.82. The predicted molar refractivity (Wildman–Crippen MR) is 82.0 cm³/mol. The van der Waals surface area contributed by atoms with E-state index in [1.165, 1.54) is 0 Å². The SMILES string of the molecule is C=Cc1cc2ccccc2c(=NCc2ccccc2)o1. The van der Waals surface area contributed by atoms with Crippen LogP contribution in [0, 0.1) is 0 Å². The van der Waals surface area contributed by atoms with Crippen molar-refractivity contribution in [3.05, 3.63) is 84.1 Å². The number of nitrogens with zero attached hydrogens (tertiary/aromatic N) is 1. The van der Waals surface area contributed by atoms with Gasteiger partial charge in [0.25, 0.3) is 0 Å². The summed E-state index contributed by atoms with van der Waals surface area (Å²) < 4.78 is 5.78. The summed E-state index contributed by atoms with van der Waals surface area (Å²) in [7, 11) is 0. The Kier molecular flexibility index (Phi) is 3.46. The van der Waals surface area contributed by atoms with Crippen LogP contribution < -0.4 is 5.55 Å². The molecule has 0 aliphatic heterocycles. The second-order valence-electron chi connectivity index (χ2n) is 4.55. The van der Waals surface area contributed by atoms with Crippen LogP contribution in [0.25, 0.3) is 16.8 Å². The molecule has 0 radical (unpaired) electrons. The van der Waals surface area contributed by atoms with Crippen molar-refractivity contribution in [1.82, 2.24) is 0 Å². The first-order valence-corrected chi connectivity index (χ1v) is 6.56. The van der Waals surface area contributed by atoms with E-state index in [0.29, 0.717) is 12.1 Å². The molecule has 1 heterocycles. The average molecular weight is 261 g/mol. The molecule has 0 atom stereocenters. The van der Waals surface area contributed by atoms with E-state index < -0.39 is 0 Å². The molecule has 0 saturated carbocycles. The summed E-state index contributed by atoms with van der Waals surface area (Å²) in [4.78, 5) is 4.60. The Bertz CT molecular complexity index is 800. The smallest absolute Gasteiger partial charge is 0.222 e. The van der Waals surface area contributed by atoms with E-state index in [2.05, 4.69) is 29.8 Å². The van der Waals surface area contributed by atoms with E-state index in [1.807, 2.05) is 42.5 Å². The van der Waals surface area contributed by atoms with Crippen LogP contribution in [0.3, 0.4) is 0 Å². The van der Waals surface area contributed by atoms with Crippen molar-refractivity contribution in [2.75, 3.05) is 0 Å². The lowest BCUT2D eigenvalue weighted by atomic mass is 10.1. The van der Waals surface area contributed by atoms with Crippen molar-refractivity contribution in [3.8, 4) is 0 Å². The molecule has 0 bridgehead atoms. The fourth-order valence-electron chi connectivity index (χ4n) is 2.13. The monoisotopic (exact) mass is 261 g/mol. The van der Waals surface area contributed by atoms with Gasteiger partial charge in [-0.15, -0.1) is 0 Å². The van der Waals surface area contributed by atoms with E-state index >= 15 is 0 Å². The predicted octanol–water partition coefficient (Wildman–Crippen LogP) is 4.18. The maximum atomic E-state index is 5.78. The van der Waals surface area contributed by atoms with Gasteiger partial charge in [0, 0.05) is 5.39 Å². The minimum Gasteiger partial charge on any atom is -0.439 e. The van der Waals surface area contributed by atoms with Gasteiger partial charge in [-0.2, -0.15) is 0 Å². The summed E-state index contributed by atoms with van der Waals surface area (Å²) in [6.07, 6.45) is 1.70. The van der Waals surface area contributed by atoms with Gasteiger partial charge in [-0.25, -0.2) is 4.99 Å². The van der Waals surface area contributed by atoms with E-state index in [1.54, 1.807) is 6.08 Å². The Hall–Kier alpha value is -2.61. The first-order chi connectivity index (χ1) is 9.86. The molecule has 0 unspecified atom stereocenters. The third-order valence-corrected chi connectivity index (χ3v) is 3.15. The van der Waals surface area contributed by atoms with Gasteiger partial charge in [0.05, 0.1) is 6.54 Å². The zero-order valence-corrected chi connectivity index (χ0v) is 11.1. The molecular weight excluding hydrogens is 246 g/mol. The summed E-state index contributed by atoms with van der Waals surface area (Å²) in [5, 5.41) is 2.13. The van der Waals surface area contributed by atoms with Crippen LogP contribution in [0.4, 0.5) is 0 Å². The van der Waals surface area contributed by atoms with Gasteiger partial charge in [-0.05, 0) is 29.2 Å². The van der Waals surface area contributed by atoms with Crippen molar-refractivity contribution >= 4 is 16.8 Å². The molecule has 3 rings (SSSR count). The first-order valence-electron chi connectivity index (χ1n) is 6.56. The van der Waals surface area contributed by atoms with E-state index in [9.17, 15) is 0 Å². The van der Waals surface area contributed by atoms with Crippen molar-refractivity contribution in [3.63, 3.8) is 0 Å². The molecule has 1 aromatic heterocycles. The van der Waals surface area contributed by atoms with Gasteiger partial charge in [-0.1, -0.05) is 55.1 Å². The number of fused-ring (bicyclic) bond motifs is 1. The fourth-order valence-corrected chi connectivity index (χ4v) is 2.13. The second kappa shape index (κ2) is 5.57. The van der Waals surface area contributed by atoms with Crippen LogP contribution in [0.15, 0.2) is 76.7 Å². The standard InChI is InChI=1S/C18H15NO/c1-2-16-12-15-10-6-7-11-17(15)18(20-16)19-13-14-8-4-3-5-9-14/h2-12H,1,13H2. The number of hydrogen-bond acceptors (Lipinski definition) is 2. The molecular formula is C18H15NO. The van der Waals surface area contributed by atoms with Crippen LogP contribution >= 0.6 is 0 Å². The first kappa shape index (κ1) is 12.4. The number of rotatable bonds is 3. The van der Waals surface area contributed by atoms with Gasteiger partial charge in [0.2, 0.25) is 5.55 Å². The molecule has 2 aromatic carbocycles. The molecule has 0 aliphatic carbocycles. The molecule has 0 amide bonds. The summed E-state index contributed by atoms with van der Waals surface area (Å²) in [6, 6.07) is 20.2. The molecule has 2 heteroatoms.